The monoisotopic (exact) mass is 658 g/mol. The summed E-state index contributed by atoms with van der Waals surface area (Å²) in [5.41, 5.74) is 0. The van der Waals surface area contributed by atoms with Crippen LogP contribution in [0.2, 0.25) is 0 Å². The average Bonchev–Trinajstić information content (AvgIpc) is 3.01. The molecule has 266 valence electrons. The minimum atomic E-state index is -4.66. The summed E-state index contributed by atoms with van der Waals surface area (Å²) in [7, 11) is -4.66. The molecule has 0 spiro atoms. The Bertz CT molecular complexity index is 734. The Hall–Kier alpha value is -1.14. The van der Waals surface area contributed by atoms with E-state index in [0.29, 0.717) is 0 Å². The van der Waals surface area contributed by atoms with Crippen LogP contribution >= 0.6 is 7.82 Å². The number of allylic oxidation sites excluding steroid dienone is 3. The molecule has 0 aromatic heterocycles. The summed E-state index contributed by atoms with van der Waals surface area (Å²) in [6.45, 7) is 4.08. The molecule has 0 radical (unpaired) electrons. The van der Waals surface area contributed by atoms with Gasteiger partial charge >= 0.3 is 13.8 Å². The Morgan fingerprint density at radius 2 is 0.978 bits per heavy atom. The van der Waals surface area contributed by atoms with Gasteiger partial charge in [0.1, 0.15) is 6.61 Å². The smallest absolute Gasteiger partial charge is 0.469 e. The van der Waals surface area contributed by atoms with Gasteiger partial charge < -0.3 is 19.3 Å². The van der Waals surface area contributed by atoms with E-state index >= 15 is 0 Å². The average molecular weight is 659 g/mol. The molecule has 0 rings (SSSR count). The van der Waals surface area contributed by atoms with E-state index < -0.39 is 26.5 Å². The van der Waals surface area contributed by atoms with Crippen molar-refractivity contribution < 1.29 is 33.1 Å². The number of hydrogen-bond acceptors (Lipinski definition) is 5. The highest BCUT2D eigenvalue weighted by atomic mass is 31.2. The maximum absolute atomic E-state index is 12.3. The topological polar surface area (TPSA) is 102 Å². The number of rotatable bonds is 35. The van der Waals surface area contributed by atoms with Gasteiger partial charge in [0.25, 0.3) is 0 Å². The van der Waals surface area contributed by atoms with E-state index in [1.165, 1.54) is 122 Å². The maximum atomic E-state index is 12.3. The van der Waals surface area contributed by atoms with Gasteiger partial charge in [-0.25, -0.2) is 4.57 Å². The van der Waals surface area contributed by atoms with Gasteiger partial charge in [-0.1, -0.05) is 148 Å². The highest BCUT2D eigenvalue weighted by molar-refractivity contribution is 7.46. The number of phosphoric acid groups is 1. The molecule has 7 nitrogen and oxygen atoms in total. The molecule has 0 saturated heterocycles. The molecule has 45 heavy (non-hydrogen) atoms. The summed E-state index contributed by atoms with van der Waals surface area (Å²) in [6.07, 6.45) is 39.7. The molecule has 0 aliphatic carbocycles. The summed E-state index contributed by atoms with van der Waals surface area (Å²) >= 11 is 0. The van der Waals surface area contributed by atoms with Crippen molar-refractivity contribution in [2.45, 2.75) is 193 Å². The quantitative estimate of drug-likeness (QED) is 0.0230. The van der Waals surface area contributed by atoms with Crippen molar-refractivity contribution in [3.8, 4) is 0 Å². The van der Waals surface area contributed by atoms with E-state index in [1.54, 1.807) is 6.26 Å². The van der Waals surface area contributed by atoms with E-state index in [4.69, 9.17) is 19.3 Å². The van der Waals surface area contributed by atoms with Crippen LogP contribution in [0, 0.1) is 0 Å². The van der Waals surface area contributed by atoms with Crippen molar-refractivity contribution in [1.29, 1.82) is 0 Å². The summed E-state index contributed by atoms with van der Waals surface area (Å²) < 4.78 is 26.6. The second kappa shape index (κ2) is 34.2. The van der Waals surface area contributed by atoms with Crippen LogP contribution in [0.5, 0.6) is 0 Å². The largest absolute Gasteiger partial charge is 0.498 e. The molecule has 0 aliphatic rings. The molecule has 0 aromatic carbocycles. The Morgan fingerprint density at radius 1 is 0.578 bits per heavy atom. The molecule has 8 heteroatoms. The van der Waals surface area contributed by atoms with Crippen LogP contribution in [0.4, 0.5) is 0 Å². The number of carbonyl (C=O) groups excluding carboxylic acids is 1. The zero-order valence-corrected chi connectivity index (χ0v) is 30.2. The fourth-order valence-corrected chi connectivity index (χ4v) is 5.64. The third-order valence-electron chi connectivity index (χ3n) is 8.07. The third kappa shape index (κ3) is 37.2. The van der Waals surface area contributed by atoms with Crippen LogP contribution < -0.4 is 0 Å². The lowest BCUT2D eigenvalue weighted by molar-refractivity contribution is -0.153. The summed E-state index contributed by atoms with van der Waals surface area (Å²) in [5, 5.41) is 0. The van der Waals surface area contributed by atoms with Crippen LogP contribution in [0.3, 0.4) is 0 Å². The molecule has 0 aliphatic heterocycles. The van der Waals surface area contributed by atoms with Crippen molar-refractivity contribution in [2.75, 3.05) is 13.2 Å². The van der Waals surface area contributed by atoms with Gasteiger partial charge in [-0.15, -0.1) is 0 Å². The Morgan fingerprint density at radius 3 is 1.44 bits per heavy atom. The zero-order valence-electron chi connectivity index (χ0n) is 29.3. The lowest BCUT2D eigenvalue weighted by atomic mass is 10.0. The molecule has 1 atom stereocenters. The molecule has 0 heterocycles. The van der Waals surface area contributed by atoms with Crippen LogP contribution in [0.25, 0.3) is 0 Å². The summed E-state index contributed by atoms with van der Waals surface area (Å²) in [5.74, 6) is -0.393. The number of ether oxygens (including phenoxy) is 2. The molecule has 0 aromatic rings. The highest BCUT2D eigenvalue weighted by Crippen LogP contribution is 2.35. The first-order chi connectivity index (χ1) is 21.9. The lowest BCUT2D eigenvalue weighted by Gasteiger charge is -2.18. The third-order valence-corrected chi connectivity index (χ3v) is 8.55. The van der Waals surface area contributed by atoms with E-state index in [0.717, 1.165) is 44.9 Å². The predicted octanol–water partition coefficient (Wildman–Crippen LogP) is 11.7. The Labute approximate surface area is 277 Å². The standard InChI is InChI=1S/C37H71O7P/c1-3-5-7-9-11-13-15-17-18-19-21-23-25-27-29-31-33-42-34-36(35-43-45(39,40)41)44-37(38)32-30-28-26-24-22-20-16-14-12-10-8-6-4-2/h14,16,31,33,36H,3-13,15,17-30,32,34-35H2,1-2H3,(H2,39,40,41)/b16-14-,33-31-/t36-/m1/s1. The molecule has 2 N–H and O–H groups in total. The van der Waals surface area contributed by atoms with Crippen molar-refractivity contribution >= 4 is 13.8 Å². The normalized spacial score (nSPS) is 12.8. The van der Waals surface area contributed by atoms with Crippen molar-refractivity contribution in [3.05, 3.63) is 24.5 Å². The molecule has 0 fully saturated rings. The van der Waals surface area contributed by atoms with Gasteiger partial charge in [0.15, 0.2) is 6.10 Å². The second-order valence-corrected chi connectivity index (χ2v) is 13.9. The molecular formula is C37H71O7P. The van der Waals surface area contributed by atoms with Crippen LogP contribution in [-0.4, -0.2) is 35.1 Å². The molecule has 0 bridgehead atoms. The van der Waals surface area contributed by atoms with Crippen molar-refractivity contribution in [2.24, 2.45) is 0 Å². The minimum Gasteiger partial charge on any atom is -0.498 e. The molecule has 0 amide bonds. The first-order valence-electron chi connectivity index (χ1n) is 18.7. The number of unbranched alkanes of at least 4 members (excludes halogenated alkanes) is 23. The predicted molar refractivity (Wildman–Crippen MR) is 188 cm³/mol. The van der Waals surface area contributed by atoms with E-state index in [1.807, 2.05) is 6.08 Å². The fourth-order valence-electron chi connectivity index (χ4n) is 5.28. The SMILES string of the molecule is CCCCCC/C=C\CCCCCCCC(=O)O[C@H](CO/C=C\CCCCCCCCCCCCCCCC)COP(=O)(O)O. The van der Waals surface area contributed by atoms with Gasteiger partial charge in [-0.3, -0.25) is 9.32 Å². The summed E-state index contributed by atoms with van der Waals surface area (Å²) in [4.78, 5) is 30.4. The van der Waals surface area contributed by atoms with Gasteiger partial charge in [0, 0.05) is 6.42 Å². The number of phosphoric ester groups is 1. The van der Waals surface area contributed by atoms with Crippen molar-refractivity contribution in [3.63, 3.8) is 0 Å². The van der Waals surface area contributed by atoms with Gasteiger partial charge in [-0.2, -0.15) is 0 Å². The van der Waals surface area contributed by atoms with E-state index in [-0.39, 0.29) is 13.0 Å². The maximum Gasteiger partial charge on any atom is 0.469 e. The van der Waals surface area contributed by atoms with Crippen molar-refractivity contribution in [1.82, 2.24) is 0 Å². The van der Waals surface area contributed by atoms with Crippen LogP contribution in [-0.2, 0) is 23.4 Å². The van der Waals surface area contributed by atoms with Gasteiger partial charge in [0.2, 0.25) is 0 Å². The molecule has 0 unspecified atom stereocenters. The van der Waals surface area contributed by atoms with Crippen LogP contribution in [0.15, 0.2) is 24.5 Å². The fraction of sp³-hybridized carbons (Fsp3) is 0.865. The zero-order chi connectivity index (χ0) is 33.1. The number of hydrogen-bond donors (Lipinski definition) is 2. The van der Waals surface area contributed by atoms with E-state index in [2.05, 4.69) is 30.5 Å². The first-order valence-corrected chi connectivity index (χ1v) is 20.2. The second-order valence-electron chi connectivity index (χ2n) is 12.6. The van der Waals surface area contributed by atoms with Crippen LogP contribution in [0.1, 0.15) is 187 Å². The molecule has 0 saturated carbocycles. The Kier molecular flexibility index (Phi) is 33.3. The number of carbonyl (C=O) groups is 1. The van der Waals surface area contributed by atoms with Gasteiger partial charge in [0.05, 0.1) is 12.9 Å². The minimum absolute atomic E-state index is 0.00684. The van der Waals surface area contributed by atoms with E-state index in [9.17, 15) is 9.36 Å². The lowest BCUT2D eigenvalue weighted by Crippen LogP contribution is -2.27. The first kappa shape index (κ1) is 43.9. The number of esters is 1. The highest BCUT2D eigenvalue weighted by Gasteiger charge is 2.21. The van der Waals surface area contributed by atoms with Gasteiger partial charge in [-0.05, 0) is 51.0 Å². The Balaban J connectivity index is 3.88. The summed E-state index contributed by atoms with van der Waals surface area (Å²) in [6, 6.07) is 0. The molecular weight excluding hydrogens is 587 g/mol.